The molecule has 0 radical (unpaired) electrons. The molecule has 5 rings (SSSR count). The Bertz CT molecular complexity index is 1530. The second-order valence-corrected chi connectivity index (χ2v) is 9.31. The smallest absolute Gasteiger partial charge is 0.250 e. The van der Waals surface area contributed by atoms with Crippen LogP contribution in [0.2, 0.25) is 0 Å². The van der Waals surface area contributed by atoms with Gasteiger partial charge in [-0.05, 0) is 53.6 Å². The molecular formula is C29H26N6OS. The minimum atomic E-state index is -0.211. The van der Waals surface area contributed by atoms with Crippen LogP contribution in [0.3, 0.4) is 0 Å². The molecule has 0 aliphatic carbocycles. The zero-order valence-electron chi connectivity index (χ0n) is 20.3. The van der Waals surface area contributed by atoms with Gasteiger partial charge in [-0.15, -0.1) is 10.2 Å². The monoisotopic (exact) mass is 506 g/mol. The normalized spacial score (nSPS) is 11.4. The molecule has 7 nitrogen and oxygen atoms in total. The molecule has 37 heavy (non-hydrogen) atoms. The number of aromatic nitrogens is 3. The van der Waals surface area contributed by atoms with Crippen LogP contribution in [0.1, 0.15) is 18.3 Å². The molecule has 0 unspecified atom stereocenters. The Morgan fingerprint density at radius 1 is 0.865 bits per heavy atom. The lowest BCUT2D eigenvalue weighted by molar-refractivity contribution is -0.118. The van der Waals surface area contributed by atoms with Gasteiger partial charge in [0, 0.05) is 11.4 Å². The van der Waals surface area contributed by atoms with E-state index in [2.05, 4.69) is 50.3 Å². The number of thioether (sulfide) groups is 1. The summed E-state index contributed by atoms with van der Waals surface area (Å²) in [6.07, 6.45) is 0. The first-order chi connectivity index (χ1) is 18.2. The van der Waals surface area contributed by atoms with E-state index in [0.29, 0.717) is 11.7 Å². The Morgan fingerprint density at radius 2 is 1.57 bits per heavy atom. The van der Waals surface area contributed by atoms with Crippen LogP contribution < -0.4 is 10.7 Å². The number of rotatable bonds is 9. The van der Waals surface area contributed by atoms with E-state index in [-0.39, 0.29) is 11.7 Å². The van der Waals surface area contributed by atoms with Crippen LogP contribution in [0.5, 0.6) is 0 Å². The highest BCUT2D eigenvalue weighted by Crippen LogP contribution is 2.23. The van der Waals surface area contributed by atoms with Gasteiger partial charge in [0.15, 0.2) is 11.0 Å². The fraction of sp³-hybridized carbons (Fsp3) is 0.103. The maximum absolute atomic E-state index is 12.6. The van der Waals surface area contributed by atoms with E-state index in [1.165, 1.54) is 17.1 Å². The van der Waals surface area contributed by atoms with Gasteiger partial charge in [0.1, 0.15) is 0 Å². The van der Waals surface area contributed by atoms with Crippen LogP contribution in [-0.2, 0) is 11.3 Å². The highest BCUT2D eigenvalue weighted by Gasteiger charge is 2.16. The van der Waals surface area contributed by atoms with Gasteiger partial charge in [-0.2, -0.15) is 5.10 Å². The molecule has 0 saturated heterocycles. The molecule has 1 heterocycles. The van der Waals surface area contributed by atoms with Gasteiger partial charge in [-0.25, -0.2) is 5.43 Å². The van der Waals surface area contributed by atoms with E-state index >= 15 is 0 Å². The Hall–Kier alpha value is -4.43. The van der Waals surface area contributed by atoms with Gasteiger partial charge in [-0.1, -0.05) is 84.6 Å². The SMILES string of the molecule is C/C(=N/NC(=O)CSc1nnc(CNc2ccccc2)n1-c1ccccc1)c1ccc2ccccc2c1. The Labute approximate surface area is 219 Å². The molecule has 1 amide bonds. The van der Waals surface area contributed by atoms with Crippen molar-refractivity contribution in [3.63, 3.8) is 0 Å². The molecule has 0 saturated carbocycles. The number of nitrogens with one attached hydrogen (secondary N) is 2. The number of anilines is 1. The second-order valence-electron chi connectivity index (χ2n) is 8.37. The number of hydrogen-bond donors (Lipinski definition) is 2. The maximum Gasteiger partial charge on any atom is 0.250 e. The summed E-state index contributed by atoms with van der Waals surface area (Å²) in [7, 11) is 0. The molecule has 0 spiro atoms. The van der Waals surface area contributed by atoms with Crippen molar-refractivity contribution >= 4 is 39.8 Å². The predicted molar refractivity (Wildman–Crippen MR) is 150 cm³/mol. The van der Waals surface area contributed by atoms with E-state index in [9.17, 15) is 4.79 Å². The number of hydrogen-bond acceptors (Lipinski definition) is 6. The topological polar surface area (TPSA) is 84.2 Å². The highest BCUT2D eigenvalue weighted by molar-refractivity contribution is 7.99. The molecule has 4 aromatic carbocycles. The minimum absolute atomic E-state index is 0.158. The molecule has 0 aliphatic rings. The third-order valence-corrected chi connectivity index (χ3v) is 6.72. The number of fused-ring (bicyclic) bond motifs is 1. The second kappa shape index (κ2) is 11.5. The van der Waals surface area contributed by atoms with Crippen molar-refractivity contribution in [1.29, 1.82) is 0 Å². The fourth-order valence-electron chi connectivity index (χ4n) is 3.87. The first kappa shape index (κ1) is 24.3. The van der Waals surface area contributed by atoms with E-state index < -0.39 is 0 Å². The van der Waals surface area contributed by atoms with Crippen LogP contribution in [-0.4, -0.2) is 32.1 Å². The van der Waals surface area contributed by atoms with Crippen molar-refractivity contribution in [1.82, 2.24) is 20.2 Å². The molecule has 184 valence electrons. The van der Waals surface area contributed by atoms with Gasteiger partial charge in [0.05, 0.1) is 18.0 Å². The van der Waals surface area contributed by atoms with Crippen molar-refractivity contribution in [3.05, 3.63) is 115 Å². The predicted octanol–water partition coefficient (Wildman–Crippen LogP) is 5.67. The third-order valence-electron chi connectivity index (χ3n) is 5.79. The summed E-state index contributed by atoms with van der Waals surface area (Å²) in [5.74, 6) is 0.700. The zero-order chi connectivity index (χ0) is 25.5. The van der Waals surface area contributed by atoms with Crippen molar-refractivity contribution in [2.75, 3.05) is 11.1 Å². The Kier molecular flexibility index (Phi) is 7.57. The first-order valence-electron chi connectivity index (χ1n) is 11.9. The van der Waals surface area contributed by atoms with Gasteiger partial charge >= 0.3 is 0 Å². The number of nitrogens with zero attached hydrogens (tertiary/aromatic N) is 4. The average Bonchev–Trinajstić information content (AvgIpc) is 3.37. The van der Waals surface area contributed by atoms with Crippen molar-refractivity contribution < 1.29 is 4.79 Å². The third kappa shape index (κ3) is 6.05. The summed E-state index contributed by atoms with van der Waals surface area (Å²) in [6, 6.07) is 34.1. The average molecular weight is 507 g/mol. The molecule has 0 fully saturated rings. The molecule has 8 heteroatoms. The standard InChI is InChI=1S/C29H26N6OS/c1-21(23-17-16-22-10-8-9-11-24(22)18-23)31-33-28(36)20-37-29-34-32-27(19-30-25-12-4-2-5-13-25)35(29)26-14-6-3-7-15-26/h2-18,30H,19-20H2,1H3,(H,33,36)/b31-21-. The summed E-state index contributed by atoms with van der Waals surface area (Å²) in [4.78, 5) is 12.6. The van der Waals surface area contributed by atoms with Crippen LogP contribution in [0.15, 0.2) is 113 Å². The van der Waals surface area contributed by atoms with Crippen LogP contribution in [0, 0.1) is 0 Å². The molecule has 0 atom stereocenters. The Balaban J connectivity index is 1.26. The van der Waals surface area contributed by atoms with E-state index in [0.717, 1.165) is 33.9 Å². The van der Waals surface area contributed by atoms with Crippen LogP contribution >= 0.6 is 11.8 Å². The zero-order valence-corrected chi connectivity index (χ0v) is 21.2. The van der Waals surface area contributed by atoms with E-state index in [4.69, 9.17) is 0 Å². The fourth-order valence-corrected chi connectivity index (χ4v) is 4.63. The molecule has 1 aromatic heterocycles. The number of carbonyl (C=O) groups excluding carboxylic acids is 1. The van der Waals surface area contributed by atoms with E-state index in [1.807, 2.05) is 90.4 Å². The van der Waals surface area contributed by atoms with E-state index in [1.54, 1.807) is 0 Å². The molecule has 0 bridgehead atoms. The Morgan fingerprint density at radius 3 is 2.35 bits per heavy atom. The number of hydrazone groups is 1. The minimum Gasteiger partial charge on any atom is -0.378 e. The lowest BCUT2D eigenvalue weighted by atomic mass is 10.0. The van der Waals surface area contributed by atoms with Crippen molar-refractivity contribution in [3.8, 4) is 5.69 Å². The molecule has 0 aliphatic heterocycles. The largest absolute Gasteiger partial charge is 0.378 e. The van der Waals surface area contributed by atoms with Crippen molar-refractivity contribution in [2.45, 2.75) is 18.6 Å². The number of amides is 1. The molecule has 2 N–H and O–H groups in total. The van der Waals surface area contributed by atoms with Gasteiger partial charge in [0.25, 0.3) is 5.91 Å². The van der Waals surface area contributed by atoms with Gasteiger partial charge < -0.3 is 5.32 Å². The van der Waals surface area contributed by atoms with Gasteiger partial charge in [-0.3, -0.25) is 9.36 Å². The maximum atomic E-state index is 12.6. The summed E-state index contributed by atoms with van der Waals surface area (Å²) in [5.41, 5.74) is 6.31. The van der Waals surface area contributed by atoms with Gasteiger partial charge in [0.2, 0.25) is 0 Å². The van der Waals surface area contributed by atoms with Crippen molar-refractivity contribution in [2.24, 2.45) is 5.10 Å². The summed E-state index contributed by atoms with van der Waals surface area (Å²) >= 11 is 1.32. The molecular weight excluding hydrogens is 480 g/mol. The number of benzene rings is 4. The summed E-state index contributed by atoms with van der Waals surface area (Å²) in [6.45, 7) is 2.38. The lowest BCUT2D eigenvalue weighted by Crippen LogP contribution is -2.21. The summed E-state index contributed by atoms with van der Waals surface area (Å²) in [5, 5.41) is 19.4. The van der Waals surface area contributed by atoms with Crippen LogP contribution in [0.4, 0.5) is 5.69 Å². The lowest BCUT2D eigenvalue weighted by Gasteiger charge is -2.11. The highest BCUT2D eigenvalue weighted by atomic mass is 32.2. The quantitative estimate of drug-likeness (QED) is 0.153. The van der Waals surface area contributed by atoms with Crippen LogP contribution in [0.25, 0.3) is 16.5 Å². The summed E-state index contributed by atoms with van der Waals surface area (Å²) < 4.78 is 1.97. The number of para-hydroxylation sites is 2. The number of carbonyl (C=O) groups is 1. The first-order valence-corrected chi connectivity index (χ1v) is 12.9. The molecule has 5 aromatic rings.